The van der Waals surface area contributed by atoms with Gasteiger partial charge in [-0.25, -0.2) is 4.79 Å². The van der Waals surface area contributed by atoms with E-state index in [0.29, 0.717) is 6.41 Å². The highest BCUT2D eigenvalue weighted by Crippen LogP contribution is 2.10. The van der Waals surface area contributed by atoms with Gasteiger partial charge in [0.15, 0.2) is 0 Å². The first-order valence-electron chi connectivity index (χ1n) is 13.5. The predicted molar refractivity (Wildman–Crippen MR) is 152 cm³/mol. The molecule has 42 heavy (non-hydrogen) atoms. The Morgan fingerprint density at radius 3 is 1.43 bits per heavy atom. The molecular weight excluding hydrogens is 540 g/mol. The monoisotopic (exact) mass is 574 g/mol. The summed E-state index contributed by atoms with van der Waals surface area (Å²) in [5.74, 6) is -2.57. The molecule has 0 saturated heterocycles. The minimum atomic E-state index is -1.20. The minimum absolute atomic E-state index is 0.0340. The standard InChI is InChI=1S/C32H34N2O8/c35-23-33-27(16-18-29(36)40-20-24-10-4-1-5-11-24)31(38)34-28(32(39)42-22-26-14-8-3-9-15-26)17-19-30(37)41-21-25-12-6-2-7-13-25/h1-15,23,27-28H,16-22H2,(H,33,35)(H,34,38). The second-order valence-corrected chi connectivity index (χ2v) is 9.36. The molecule has 2 atom stereocenters. The molecule has 2 amide bonds. The van der Waals surface area contributed by atoms with E-state index < -0.39 is 35.9 Å². The third-order valence-corrected chi connectivity index (χ3v) is 6.17. The lowest BCUT2D eigenvalue weighted by atomic mass is 10.1. The summed E-state index contributed by atoms with van der Waals surface area (Å²) < 4.78 is 15.9. The van der Waals surface area contributed by atoms with Gasteiger partial charge in [-0.1, -0.05) is 91.0 Å². The van der Waals surface area contributed by atoms with Gasteiger partial charge in [0.2, 0.25) is 12.3 Å². The van der Waals surface area contributed by atoms with Crippen LogP contribution in [-0.2, 0) is 58.0 Å². The van der Waals surface area contributed by atoms with Crippen molar-refractivity contribution < 1.29 is 38.2 Å². The van der Waals surface area contributed by atoms with Gasteiger partial charge in [-0.05, 0) is 29.5 Å². The molecule has 3 rings (SSSR count). The van der Waals surface area contributed by atoms with Crippen molar-refractivity contribution in [1.82, 2.24) is 10.6 Å². The Balaban J connectivity index is 1.56. The van der Waals surface area contributed by atoms with Crippen LogP contribution in [0.3, 0.4) is 0 Å². The Bertz CT molecular complexity index is 1290. The number of hydrogen-bond acceptors (Lipinski definition) is 8. The number of nitrogens with one attached hydrogen (secondary N) is 2. The molecule has 0 aliphatic heterocycles. The average Bonchev–Trinajstić information content (AvgIpc) is 3.03. The van der Waals surface area contributed by atoms with Gasteiger partial charge in [0.25, 0.3) is 0 Å². The molecule has 0 bridgehead atoms. The van der Waals surface area contributed by atoms with Crippen LogP contribution in [-0.4, -0.2) is 42.3 Å². The Hall–Kier alpha value is -4.99. The smallest absolute Gasteiger partial charge is 0.328 e. The van der Waals surface area contributed by atoms with E-state index in [2.05, 4.69) is 10.6 Å². The summed E-state index contributed by atoms with van der Waals surface area (Å²) in [4.78, 5) is 61.8. The number of carbonyl (C=O) groups is 5. The van der Waals surface area contributed by atoms with Crippen molar-refractivity contribution in [3.8, 4) is 0 Å². The lowest BCUT2D eigenvalue weighted by Crippen LogP contribution is -2.50. The van der Waals surface area contributed by atoms with Gasteiger partial charge in [-0.15, -0.1) is 0 Å². The lowest BCUT2D eigenvalue weighted by Gasteiger charge is -2.21. The molecule has 10 nitrogen and oxygen atoms in total. The maximum Gasteiger partial charge on any atom is 0.328 e. The van der Waals surface area contributed by atoms with Crippen molar-refractivity contribution >= 4 is 30.2 Å². The van der Waals surface area contributed by atoms with Gasteiger partial charge in [-0.3, -0.25) is 19.2 Å². The molecule has 0 aliphatic carbocycles. The molecule has 10 heteroatoms. The van der Waals surface area contributed by atoms with Crippen LogP contribution in [0.5, 0.6) is 0 Å². The molecule has 2 N–H and O–H groups in total. The fourth-order valence-electron chi connectivity index (χ4n) is 3.87. The molecule has 0 aromatic heterocycles. The fourth-order valence-corrected chi connectivity index (χ4v) is 3.87. The van der Waals surface area contributed by atoms with E-state index in [0.717, 1.165) is 16.7 Å². The van der Waals surface area contributed by atoms with E-state index >= 15 is 0 Å². The van der Waals surface area contributed by atoms with Crippen molar-refractivity contribution in [2.45, 2.75) is 57.6 Å². The van der Waals surface area contributed by atoms with Crippen LogP contribution >= 0.6 is 0 Å². The normalized spacial score (nSPS) is 11.8. The molecule has 220 valence electrons. The quantitative estimate of drug-likeness (QED) is 0.142. The first-order chi connectivity index (χ1) is 20.4. The number of rotatable bonds is 17. The second kappa shape index (κ2) is 17.6. The molecule has 2 unspecified atom stereocenters. The molecule has 0 radical (unpaired) electrons. The maximum atomic E-state index is 13.1. The van der Waals surface area contributed by atoms with Crippen molar-refractivity contribution in [3.63, 3.8) is 0 Å². The molecule has 0 saturated carbocycles. The predicted octanol–water partition coefficient (Wildman–Crippen LogP) is 3.38. The summed E-state index contributed by atoms with van der Waals surface area (Å²) in [6.07, 6.45) is -0.150. The SMILES string of the molecule is O=CNC(CCC(=O)OCc1ccccc1)C(=O)NC(CCC(=O)OCc1ccccc1)C(=O)OCc1ccccc1. The zero-order valence-corrected chi connectivity index (χ0v) is 23.1. The number of ether oxygens (including phenoxy) is 3. The van der Waals surface area contributed by atoms with Crippen molar-refractivity contribution in [2.24, 2.45) is 0 Å². The zero-order valence-electron chi connectivity index (χ0n) is 23.1. The number of carbonyl (C=O) groups excluding carboxylic acids is 5. The van der Waals surface area contributed by atoms with E-state index in [-0.39, 0.29) is 45.5 Å². The summed E-state index contributed by atoms with van der Waals surface area (Å²) in [5, 5.41) is 4.93. The summed E-state index contributed by atoms with van der Waals surface area (Å²) in [7, 11) is 0. The Morgan fingerprint density at radius 2 is 1.00 bits per heavy atom. The molecule has 3 aromatic rings. The third-order valence-electron chi connectivity index (χ3n) is 6.17. The van der Waals surface area contributed by atoms with E-state index in [4.69, 9.17) is 14.2 Å². The van der Waals surface area contributed by atoms with E-state index in [1.165, 1.54) is 0 Å². The van der Waals surface area contributed by atoms with E-state index in [1.807, 2.05) is 66.7 Å². The largest absolute Gasteiger partial charge is 0.461 e. The van der Waals surface area contributed by atoms with E-state index in [1.54, 1.807) is 24.3 Å². The lowest BCUT2D eigenvalue weighted by molar-refractivity contribution is -0.151. The summed E-state index contributed by atoms with van der Waals surface area (Å²) in [5.41, 5.74) is 2.36. The second-order valence-electron chi connectivity index (χ2n) is 9.36. The number of benzene rings is 3. The Labute approximate surface area is 244 Å². The molecule has 0 spiro atoms. The first-order valence-corrected chi connectivity index (χ1v) is 13.5. The van der Waals surface area contributed by atoms with Crippen LogP contribution in [0.1, 0.15) is 42.4 Å². The van der Waals surface area contributed by atoms with Crippen LogP contribution in [0, 0.1) is 0 Å². The van der Waals surface area contributed by atoms with Crippen molar-refractivity contribution in [3.05, 3.63) is 108 Å². The van der Waals surface area contributed by atoms with Gasteiger partial charge < -0.3 is 24.8 Å². The van der Waals surface area contributed by atoms with Gasteiger partial charge in [0, 0.05) is 12.8 Å². The van der Waals surface area contributed by atoms with Crippen LogP contribution in [0.25, 0.3) is 0 Å². The highest BCUT2D eigenvalue weighted by atomic mass is 16.5. The number of esters is 3. The highest BCUT2D eigenvalue weighted by molar-refractivity contribution is 5.89. The summed E-state index contributed by atoms with van der Waals surface area (Å²) in [6.45, 7) is 0.113. The fraction of sp³-hybridized carbons (Fsp3) is 0.281. The maximum absolute atomic E-state index is 13.1. The molecular formula is C32H34N2O8. The van der Waals surface area contributed by atoms with Crippen molar-refractivity contribution in [1.29, 1.82) is 0 Å². The molecule has 3 aromatic carbocycles. The summed E-state index contributed by atoms with van der Waals surface area (Å²) >= 11 is 0. The molecule has 0 aliphatic rings. The van der Waals surface area contributed by atoms with Crippen LogP contribution in [0.4, 0.5) is 0 Å². The highest BCUT2D eigenvalue weighted by Gasteiger charge is 2.28. The van der Waals surface area contributed by atoms with Gasteiger partial charge in [0.05, 0.1) is 0 Å². The number of amides is 2. The first kappa shape index (κ1) is 31.5. The molecule has 0 heterocycles. The number of hydrogen-bond donors (Lipinski definition) is 2. The Kier molecular flexibility index (Phi) is 13.3. The zero-order chi connectivity index (χ0) is 30.0. The van der Waals surface area contributed by atoms with E-state index in [9.17, 15) is 24.0 Å². The van der Waals surface area contributed by atoms with Gasteiger partial charge in [0.1, 0.15) is 31.9 Å². The topological polar surface area (TPSA) is 137 Å². The average molecular weight is 575 g/mol. The third kappa shape index (κ3) is 11.6. The van der Waals surface area contributed by atoms with Crippen LogP contribution in [0.2, 0.25) is 0 Å². The van der Waals surface area contributed by atoms with Crippen LogP contribution in [0.15, 0.2) is 91.0 Å². The van der Waals surface area contributed by atoms with Crippen molar-refractivity contribution in [2.75, 3.05) is 0 Å². The van der Waals surface area contributed by atoms with Crippen LogP contribution < -0.4 is 10.6 Å². The van der Waals surface area contributed by atoms with Gasteiger partial charge in [-0.2, -0.15) is 0 Å². The van der Waals surface area contributed by atoms with Gasteiger partial charge >= 0.3 is 17.9 Å². The molecule has 0 fully saturated rings. The minimum Gasteiger partial charge on any atom is -0.461 e. The summed E-state index contributed by atoms with van der Waals surface area (Å²) in [6, 6.07) is 24.9. The Morgan fingerprint density at radius 1 is 0.595 bits per heavy atom.